The molecule has 0 fully saturated rings. The van der Waals surface area contributed by atoms with Crippen molar-refractivity contribution in [1.82, 2.24) is 0 Å². The molecule has 6 nitrogen and oxygen atoms in total. The summed E-state index contributed by atoms with van der Waals surface area (Å²) >= 11 is 3.61. The van der Waals surface area contributed by atoms with Crippen molar-refractivity contribution in [3.8, 4) is 5.75 Å². The number of esters is 1. The van der Waals surface area contributed by atoms with Crippen molar-refractivity contribution in [3.63, 3.8) is 0 Å². The number of hydrogen-bond donors (Lipinski definition) is 0. The maximum absolute atomic E-state index is 12.7. The summed E-state index contributed by atoms with van der Waals surface area (Å²) in [5.74, 6) is 0.170. The van der Waals surface area contributed by atoms with Gasteiger partial charge >= 0.3 is 5.97 Å². The molecule has 0 heterocycles. The van der Waals surface area contributed by atoms with Crippen molar-refractivity contribution in [2.75, 3.05) is 19.5 Å². The van der Waals surface area contributed by atoms with Gasteiger partial charge in [0.15, 0.2) is 16.6 Å². The molecule has 0 aliphatic heterocycles. The minimum absolute atomic E-state index is 0.000138. The lowest BCUT2D eigenvalue weighted by atomic mass is 9.94. The van der Waals surface area contributed by atoms with Gasteiger partial charge < -0.3 is 23.1 Å². The van der Waals surface area contributed by atoms with Crippen molar-refractivity contribution < 1.29 is 27.9 Å². The predicted molar refractivity (Wildman–Crippen MR) is 207 cm³/mol. The average Bonchev–Trinajstić information content (AvgIpc) is 2.98. The highest BCUT2D eigenvalue weighted by Gasteiger charge is 2.42. The number of halogens is 1. The van der Waals surface area contributed by atoms with Gasteiger partial charge in [-0.05, 0) is 73.4 Å². The summed E-state index contributed by atoms with van der Waals surface area (Å²) in [6.45, 7) is 33.5. The van der Waals surface area contributed by atoms with Gasteiger partial charge in [0.2, 0.25) is 0 Å². The molecule has 5 atom stereocenters. The van der Waals surface area contributed by atoms with Gasteiger partial charge in [0.1, 0.15) is 5.75 Å². The molecular weight excluding hydrogens is 688 g/mol. The Morgan fingerprint density at radius 2 is 1.47 bits per heavy atom. The molecule has 1 aromatic rings. The molecule has 0 saturated heterocycles. The zero-order valence-corrected chi connectivity index (χ0v) is 35.7. The Hall–Kier alpha value is -1.50. The van der Waals surface area contributed by atoms with Crippen molar-refractivity contribution in [2.45, 2.75) is 130 Å². The van der Waals surface area contributed by atoms with Crippen LogP contribution in [0.4, 0.5) is 0 Å². The highest BCUT2D eigenvalue weighted by Crippen LogP contribution is 2.40. The second kappa shape index (κ2) is 18.5. The average molecular weight is 754 g/mol. The van der Waals surface area contributed by atoms with Crippen molar-refractivity contribution >= 4 is 38.5 Å². The molecule has 0 unspecified atom stereocenters. The number of carbonyl (C=O) groups is 1. The van der Waals surface area contributed by atoms with E-state index >= 15 is 0 Å². The van der Waals surface area contributed by atoms with Crippen LogP contribution in [-0.2, 0) is 29.7 Å². The Morgan fingerprint density at radius 1 is 0.936 bits per heavy atom. The molecule has 0 N–H and O–H groups in total. The summed E-state index contributed by atoms with van der Waals surface area (Å²) in [6.07, 6.45) is 5.99. The van der Waals surface area contributed by atoms with Crippen LogP contribution in [0.5, 0.6) is 5.75 Å². The van der Waals surface area contributed by atoms with Crippen LogP contribution < -0.4 is 4.74 Å². The van der Waals surface area contributed by atoms with Gasteiger partial charge in [-0.15, -0.1) is 0 Å². The fourth-order valence-corrected chi connectivity index (χ4v) is 7.27. The van der Waals surface area contributed by atoms with E-state index in [0.29, 0.717) is 13.0 Å². The first-order valence-corrected chi connectivity index (χ1v) is 23.7. The molecule has 0 aliphatic rings. The number of allylic oxidation sites excluding steroid dienone is 1. The molecular formula is C38H65BrO6Si2. The Balaban J connectivity index is 3.57. The quantitative estimate of drug-likeness (QED) is 0.0489. The van der Waals surface area contributed by atoms with E-state index in [1.807, 2.05) is 43.3 Å². The van der Waals surface area contributed by atoms with Crippen molar-refractivity contribution in [2.24, 2.45) is 11.8 Å². The fourth-order valence-electron chi connectivity index (χ4n) is 4.45. The third kappa shape index (κ3) is 13.7. The SMILES string of the molecule is C=C(/C=C/[C@H](O[Si](C)(C)C(C)(C)C)[C@@H](C)C(=O)OC)[C@H](C[C@H](OCc1ccc(OC)cc1)[C@H](C)/C=C(\C)CBr)O[Si](C)(C)C(C)(C)C. The number of carbonyl (C=O) groups excluding carboxylic acids is 1. The van der Waals surface area contributed by atoms with Gasteiger partial charge in [-0.25, -0.2) is 0 Å². The number of ether oxygens (including phenoxy) is 3. The van der Waals surface area contributed by atoms with Crippen molar-refractivity contribution in [3.05, 3.63) is 65.8 Å². The molecule has 0 spiro atoms. The molecule has 47 heavy (non-hydrogen) atoms. The van der Waals surface area contributed by atoms with E-state index in [4.69, 9.17) is 23.1 Å². The van der Waals surface area contributed by atoms with E-state index in [-0.39, 0.29) is 34.2 Å². The number of methoxy groups -OCH3 is 2. The largest absolute Gasteiger partial charge is 0.497 e. The molecule has 0 aliphatic carbocycles. The number of hydrogen-bond acceptors (Lipinski definition) is 6. The first-order chi connectivity index (χ1) is 21.5. The first kappa shape index (κ1) is 43.5. The topological polar surface area (TPSA) is 63.2 Å². The van der Waals surface area contributed by atoms with E-state index in [1.165, 1.54) is 12.7 Å². The molecule has 1 rings (SSSR count). The third-order valence-electron chi connectivity index (χ3n) is 9.87. The lowest BCUT2D eigenvalue weighted by Gasteiger charge is -2.41. The molecule has 0 radical (unpaired) electrons. The van der Waals surface area contributed by atoms with Gasteiger partial charge in [-0.3, -0.25) is 4.79 Å². The number of rotatable bonds is 18. The van der Waals surface area contributed by atoms with Crippen LogP contribution in [0.1, 0.15) is 74.3 Å². The van der Waals surface area contributed by atoms with E-state index in [2.05, 4.69) is 110 Å². The minimum atomic E-state index is -2.22. The van der Waals surface area contributed by atoms with E-state index in [9.17, 15) is 4.79 Å². The van der Waals surface area contributed by atoms with Crippen LogP contribution in [0.15, 0.2) is 60.2 Å². The minimum Gasteiger partial charge on any atom is -0.497 e. The monoisotopic (exact) mass is 752 g/mol. The van der Waals surface area contributed by atoms with Gasteiger partial charge in [0.25, 0.3) is 0 Å². The molecule has 0 saturated carbocycles. The van der Waals surface area contributed by atoms with Gasteiger partial charge in [0.05, 0.1) is 45.1 Å². The summed E-state index contributed by atoms with van der Waals surface area (Å²) in [7, 11) is -1.34. The summed E-state index contributed by atoms with van der Waals surface area (Å²) < 4.78 is 31.1. The van der Waals surface area contributed by atoms with Crippen LogP contribution in [0, 0.1) is 11.8 Å². The van der Waals surface area contributed by atoms with E-state index in [0.717, 1.165) is 22.2 Å². The van der Waals surface area contributed by atoms with Gasteiger partial charge in [-0.1, -0.05) is 107 Å². The standard InChI is InChI=1S/C38H65BrO6Si2/c1-27(25-39)23-29(3)34(43-26-31-18-20-32(41-11)21-19-31)24-35(45-47(15,16)38(8,9)10)28(2)17-22-33(30(4)36(40)42-12)44-46(13,14)37(5,6)7/h17-23,29-30,33-35H,2,24-26H2,1,3-16H3/b22-17+,27-23+/t29-,30-,33+,34+,35+/m1/s1. The Morgan fingerprint density at radius 3 is 1.94 bits per heavy atom. The predicted octanol–water partition coefficient (Wildman–Crippen LogP) is 10.7. The maximum atomic E-state index is 12.7. The lowest BCUT2D eigenvalue weighted by Crippen LogP contribution is -2.46. The lowest BCUT2D eigenvalue weighted by molar-refractivity contribution is -0.147. The summed E-state index contributed by atoms with van der Waals surface area (Å²) in [6, 6.07) is 7.99. The highest BCUT2D eigenvalue weighted by atomic mass is 79.9. The van der Waals surface area contributed by atoms with E-state index in [1.54, 1.807) is 7.11 Å². The van der Waals surface area contributed by atoms with E-state index < -0.39 is 28.7 Å². The molecule has 268 valence electrons. The number of benzene rings is 1. The zero-order chi connectivity index (χ0) is 36.4. The summed E-state index contributed by atoms with van der Waals surface area (Å²) in [4.78, 5) is 12.7. The number of alkyl halides is 1. The van der Waals surface area contributed by atoms with Crippen LogP contribution in [0.25, 0.3) is 0 Å². The van der Waals surface area contributed by atoms with Crippen LogP contribution in [0.2, 0.25) is 36.3 Å². The van der Waals surface area contributed by atoms with Gasteiger partial charge in [0, 0.05) is 17.7 Å². The Kier molecular flexibility index (Phi) is 17.1. The van der Waals surface area contributed by atoms with Gasteiger partial charge in [-0.2, -0.15) is 0 Å². The fraction of sp³-hybridized carbons (Fsp3) is 0.658. The van der Waals surface area contributed by atoms with Crippen molar-refractivity contribution in [1.29, 1.82) is 0 Å². The molecule has 0 amide bonds. The normalized spacial score (nSPS) is 16.8. The first-order valence-electron chi connectivity index (χ1n) is 16.8. The zero-order valence-electron chi connectivity index (χ0n) is 32.1. The molecule has 9 heteroatoms. The molecule has 1 aromatic carbocycles. The third-order valence-corrected chi connectivity index (χ3v) is 19.7. The summed E-state index contributed by atoms with van der Waals surface area (Å²) in [5.41, 5.74) is 3.16. The second-order valence-corrected chi connectivity index (χ2v) is 26.0. The molecule has 0 aromatic heterocycles. The Labute approximate surface area is 298 Å². The van der Waals surface area contributed by atoms with Crippen LogP contribution in [0.3, 0.4) is 0 Å². The van der Waals surface area contributed by atoms with Crippen LogP contribution >= 0.6 is 15.9 Å². The smallest absolute Gasteiger partial charge is 0.311 e. The Bertz CT molecular complexity index is 1190. The second-order valence-electron chi connectivity index (χ2n) is 15.9. The van der Waals surface area contributed by atoms with Crippen LogP contribution in [-0.4, -0.2) is 60.5 Å². The maximum Gasteiger partial charge on any atom is 0.311 e. The molecule has 0 bridgehead atoms. The highest BCUT2D eigenvalue weighted by molar-refractivity contribution is 9.09. The summed E-state index contributed by atoms with van der Waals surface area (Å²) in [5, 5.41) is 0.779.